The van der Waals surface area contributed by atoms with Crippen LogP contribution in [0.15, 0.2) is 365 Å². The third-order valence-electron chi connectivity index (χ3n) is 17.2. The average molecular weight is 1760 g/mol. The highest BCUT2D eigenvalue weighted by atomic mass is 127. The van der Waals surface area contributed by atoms with Crippen LogP contribution in [-0.4, -0.2) is 80.6 Å². The van der Waals surface area contributed by atoms with Crippen molar-refractivity contribution >= 4 is 135 Å². The molecule has 30 heteroatoms. The van der Waals surface area contributed by atoms with E-state index in [0.29, 0.717) is 69.5 Å². The zero-order valence-corrected chi connectivity index (χ0v) is 67.6. The Bertz CT molecular complexity index is 6660. The number of hydrogen-bond acceptors (Lipinski definition) is 21. The number of rotatable bonds is 17. The van der Waals surface area contributed by atoms with Gasteiger partial charge in [0.05, 0.1) is 26.4 Å². The third kappa shape index (κ3) is 23.6. The van der Waals surface area contributed by atoms with Crippen LogP contribution in [0.2, 0.25) is 10.6 Å². The van der Waals surface area contributed by atoms with Crippen molar-refractivity contribution in [1.82, 2.24) is 58.6 Å². The molecule has 0 fully saturated rings. The molecule has 0 atom stereocenters. The number of non-ortho nitro benzene ring substituents is 2. The van der Waals surface area contributed by atoms with Crippen molar-refractivity contribution < 1.29 is 33.9 Å². The number of fused-ring (bicyclic) bond motifs is 4. The lowest BCUT2D eigenvalue weighted by atomic mass is 10.2. The third-order valence-corrected chi connectivity index (χ3v) is 18.3. The second kappa shape index (κ2) is 41.3. The fourth-order valence-electron chi connectivity index (χ4n) is 11.9. The number of aliphatic hydroxyl groups excluding tert-OH is 1. The van der Waals surface area contributed by atoms with Gasteiger partial charge < -0.3 is 64.8 Å². The van der Waals surface area contributed by atoms with Crippen LogP contribution in [0.25, 0.3) is 60.7 Å². The maximum Gasteiger partial charge on any atom is 0.271 e. The number of nitrogen functional groups attached to an aromatic ring is 2. The Hall–Kier alpha value is -15.6. The Morgan fingerprint density at radius 2 is 0.736 bits per heavy atom. The maximum absolute atomic E-state index is 11.0. The largest absolute Gasteiger partial charge is 0.439 e. The summed E-state index contributed by atoms with van der Waals surface area (Å²) in [6, 6.07) is 98.6. The topological polar surface area (TPSA) is 353 Å². The Labute approximate surface area is 715 Å². The fourth-order valence-corrected chi connectivity index (χ4v) is 12.6. The highest BCUT2D eigenvalue weighted by molar-refractivity contribution is 14.1. The van der Waals surface area contributed by atoms with E-state index in [0.717, 1.165) is 73.5 Å². The van der Waals surface area contributed by atoms with Crippen LogP contribution in [0, 0.1) is 23.8 Å². The van der Waals surface area contributed by atoms with E-state index < -0.39 is 9.85 Å². The maximum atomic E-state index is 11.0. The zero-order chi connectivity index (χ0) is 84.2. The van der Waals surface area contributed by atoms with Gasteiger partial charge >= 0.3 is 0 Å². The molecule has 8 aromatic heterocycles. The Balaban J connectivity index is 0.000000132. The first kappa shape index (κ1) is 83.3. The summed E-state index contributed by atoms with van der Waals surface area (Å²) in [4.78, 5) is 56.1. The number of nitrogens with two attached hydrogens (primary N) is 2. The molecule has 8 N–H and O–H groups in total. The van der Waals surface area contributed by atoms with Gasteiger partial charge in [-0.15, -0.1) is 0 Å². The number of aromatic nitrogens is 12. The van der Waals surface area contributed by atoms with Crippen molar-refractivity contribution in [3.8, 4) is 63.6 Å². The Morgan fingerprint density at radius 1 is 0.380 bits per heavy atom. The number of ether oxygens (including phenoxy) is 4. The number of H-pyrrole nitrogens is 1. The van der Waals surface area contributed by atoms with Crippen LogP contribution < -0.4 is 41.0 Å². The summed E-state index contributed by atoms with van der Waals surface area (Å²) in [5, 5.41) is 38.8. The number of aromatic amines is 1. The summed E-state index contributed by atoms with van der Waals surface area (Å²) in [5.74, 6) is 5.16. The van der Waals surface area contributed by atoms with Crippen LogP contribution in [-0.2, 0) is 0 Å². The molecule has 0 unspecified atom stereocenters. The second-order valence-corrected chi connectivity index (χ2v) is 27.4. The highest BCUT2D eigenvalue weighted by Gasteiger charge is 2.14. The van der Waals surface area contributed by atoms with E-state index in [1.807, 2.05) is 201 Å². The summed E-state index contributed by atoms with van der Waals surface area (Å²) < 4.78 is 30.9. The SMILES string of the molecule is CO.Clc1nccc(Oc2ccc3[nH]ccc3c2)n1.Clc1nccc(Oc2ccc3c(ccn3-c3ccccc3)c2)n1.Ic1ccccc1.Nc1cccc(Nc2nccc(Oc3ccc4c(ccn4-c4ccccc4)c3)n2)c1.Nc1cccc([N+](=O)[O-])c1.O=[N+]([O-])c1cccc(Nc2nccc(Oc3ccc4c(ccn4-c4ccccc4)c3)n2)c1. The molecule has 121 heavy (non-hydrogen) atoms. The van der Waals surface area contributed by atoms with Gasteiger partial charge in [0, 0.05) is 176 Å². The number of benzene rings is 11. The highest BCUT2D eigenvalue weighted by Crippen LogP contribution is 2.33. The summed E-state index contributed by atoms with van der Waals surface area (Å²) in [7, 11) is 1.00. The molecule has 0 amide bonds. The first-order valence-electron chi connectivity index (χ1n) is 36.8. The lowest BCUT2D eigenvalue weighted by Crippen LogP contribution is -1.99. The van der Waals surface area contributed by atoms with Gasteiger partial charge in [-0.2, -0.15) is 19.9 Å². The van der Waals surface area contributed by atoms with Gasteiger partial charge in [-0.25, -0.2) is 19.9 Å². The standard InChI is InChI=1S/C24H17N5O3.C24H19N5O.C18H12ClN3O.C12H8ClN3O.C6H5I.C6H6N2O2.CH4O/c30-29(31)20-8-4-5-18(16-20)26-24-25-13-11-23(27-24)32-21-9-10-22-17(15-21)12-14-28(22)19-6-2-1-3-7-19;25-18-5-4-6-19(16-18)27-24-26-13-11-23(28-24)30-21-9-10-22-17(15-21)12-14-29(22)20-7-2-1-3-8-20;19-18-20-10-8-17(21-18)23-15-6-7-16-13(12-15)9-11-22(16)14-4-2-1-3-5-14;13-12-15-6-4-11(16-12)17-9-1-2-10-8(7-9)3-5-14-10;7-6-4-2-1-3-5-6;7-5-2-1-3-6(4-5)8(9)10;1-2/h1-16H,(H,25,26,27);1-16H,25H2,(H,26,27,28);1-12H;1-7,14H;1-5H;1-4H,7H2;2H,1H3. The van der Waals surface area contributed by atoms with E-state index in [9.17, 15) is 20.2 Å². The van der Waals surface area contributed by atoms with Gasteiger partial charge in [-0.05, 0) is 222 Å². The Kier molecular flexibility index (Phi) is 28.4. The minimum Gasteiger partial charge on any atom is -0.439 e. The molecule has 0 aliphatic rings. The van der Waals surface area contributed by atoms with Crippen LogP contribution in [0.1, 0.15) is 0 Å². The van der Waals surface area contributed by atoms with Crippen molar-refractivity contribution in [3.05, 3.63) is 399 Å². The summed E-state index contributed by atoms with van der Waals surface area (Å²) >= 11 is 13.7. The molecule has 8 heterocycles. The van der Waals surface area contributed by atoms with E-state index in [-0.39, 0.29) is 27.9 Å². The number of nitro benzene ring substituents is 2. The molecule has 0 aliphatic heterocycles. The fraction of sp³-hybridized carbons (Fsp3) is 0.0110. The lowest BCUT2D eigenvalue weighted by molar-refractivity contribution is -0.385. The number of nitrogens with one attached hydrogen (secondary N) is 3. The summed E-state index contributed by atoms with van der Waals surface area (Å²) in [5.41, 5.74) is 21.2. The molecule has 0 bridgehead atoms. The number of halogens is 3. The van der Waals surface area contributed by atoms with E-state index in [2.05, 4.69) is 159 Å². The Morgan fingerprint density at radius 3 is 1.12 bits per heavy atom. The molecule has 0 saturated heterocycles. The minimum atomic E-state index is -0.476. The first-order valence-corrected chi connectivity index (χ1v) is 38.6. The molecule has 0 saturated carbocycles. The molecule has 600 valence electrons. The normalized spacial score (nSPS) is 10.4. The van der Waals surface area contributed by atoms with Crippen LogP contribution in [0.3, 0.4) is 0 Å². The van der Waals surface area contributed by atoms with Crippen LogP contribution in [0.5, 0.6) is 46.5 Å². The predicted octanol–water partition coefficient (Wildman–Crippen LogP) is 22.7. The van der Waals surface area contributed by atoms with Gasteiger partial charge in [0.1, 0.15) is 23.0 Å². The van der Waals surface area contributed by atoms with E-state index in [4.69, 9.17) is 58.7 Å². The predicted molar refractivity (Wildman–Crippen MR) is 482 cm³/mol. The molecule has 0 radical (unpaired) electrons. The van der Waals surface area contributed by atoms with Crippen molar-refractivity contribution in [3.63, 3.8) is 0 Å². The number of nitro groups is 2. The van der Waals surface area contributed by atoms with Crippen molar-refractivity contribution in [2.24, 2.45) is 0 Å². The second-order valence-electron chi connectivity index (χ2n) is 25.5. The van der Waals surface area contributed by atoms with Gasteiger partial charge in [-0.3, -0.25) is 20.2 Å². The van der Waals surface area contributed by atoms with Gasteiger partial charge in [0.25, 0.3) is 11.4 Å². The lowest BCUT2D eigenvalue weighted by Gasteiger charge is -2.09. The number of aliphatic hydroxyl groups is 1. The number of para-hydroxylation sites is 3. The quantitative estimate of drug-likeness (QED) is 0.0162. The minimum absolute atomic E-state index is 0.0156. The van der Waals surface area contributed by atoms with Crippen molar-refractivity contribution in [2.45, 2.75) is 0 Å². The van der Waals surface area contributed by atoms with Gasteiger partial charge in [-0.1, -0.05) is 91.0 Å². The number of anilines is 6. The molecular formula is C91H71Cl2IN18O9. The van der Waals surface area contributed by atoms with Crippen LogP contribution in [0.4, 0.5) is 46.0 Å². The average Bonchev–Trinajstić information content (AvgIpc) is 1.67. The van der Waals surface area contributed by atoms with E-state index in [1.165, 1.54) is 27.8 Å². The van der Waals surface area contributed by atoms with Crippen molar-refractivity contribution in [1.29, 1.82) is 0 Å². The monoisotopic (exact) mass is 1760 g/mol. The van der Waals surface area contributed by atoms with E-state index >= 15 is 0 Å². The smallest absolute Gasteiger partial charge is 0.271 e. The molecule has 19 aromatic rings. The number of nitrogens with zero attached hydrogens (tertiary/aromatic N) is 13. The molecule has 27 nitrogen and oxygen atoms in total. The van der Waals surface area contributed by atoms with Gasteiger partial charge in [0.15, 0.2) is 0 Å². The molecule has 0 spiro atoms. The van der Waals surface area contributed by atoms with Crippen molar-refractivity contribution in [2.75, 3.05) is 29.2 Å². The molecule has 19 rings (SSSR count). The molecule has 0 aliphatic carbocycles. The molecular weight excluding hydrogens is 1690 g/mol. The zero-order valence-electron chi connectivity index (χ0n) is 64.0. The van der Waals surface area contributed by atoms with Gasteiger partial charge in [0.2, 0.25) is 46.0 Å². The number of hydrogen-bond donors (Lipinski definition) is 6. The summed E-state index contributed by atoms with van der Waals surface area (Å²) in [6.07, 6.45) is 14.3. The first-order chi connectivity index (χ1) is 59.1. The molecule has 11 aromatic carbocycles. The van der Waals surface area contributed by atoms with E-state index in [1.54, 1.807) is 73.3 Å². The van der Waals surface area contributed by atoms with Crippen LogP contribution >= 0.6 is 45.8 Å². The summed E-state index contributed by atoms with van der Waals surface area (Å²) in [6.45, 7) is 0.